The molecule has 2 heterocycles. The maximum atomic E-state index is 5.97. The fraction of sp³-hybridized carbons (Fsp3) is 0.444. The van der Waals surface area contributed by atoms with Crippen molar-refractivity contribution in [2.45, 2.75) is 29.9 Å². The van der Waals surface area contributed by atoms with Gasteiger partial charge in [-0.2, -0.15) is 0 Å². The summed E-state index contributed by atoms with van der Waals surface area (Å²) in [6.45, 7) is 6.11. The highest BCUT2D eigenvalue weighted by Gasteiger charge is 2.23. The fourth-order valence-electron chi connectivity index (χ4n) is 2.87. The molecule has 1 fully saturated rings. The van der Waals surface area contributed by atoms with Crippen molar-refractivity contribution < 1.29 is 9.15 Å². The van der Waals surface area contributed by atoms with Gasteiger partial charge in [0.2, 0.25) is 0 Å². The number of ether oxygens (including phenoxy) is 1. The lowest BCUT2D eigenvalue weighted by Crippen LogP contribution is -2.20. The number of nitrogens with zero attached hydrogens (tertiary/aromatic N) is 1. The van der Waals surface area contributed by atoms with E-state index in [1.165, 1.54) is 16.9 Å². The Kier molecular flexibility index (Phi) is 5.24. The molecule has 0 bridgehead atoms. The van der Waals surface area contributed by atoms with Crippen LogP contribution in [0.4, 0.5) is 0 Å². The first-order valence-electron chi connectivity index (χ1n) is 7.77. The zero-order valence-electron chi connectivity index (χ0n) is 13.2. The highest BCUT2D eigenvalue weighted by molar-refractivity contribution is 7.99. The first-order chi connectivity index (χ1) is 10.7. The first kappa shape index (κ1) is 15.7. The second-order valence-electron chi connectivity index (χ2n) is 5.98. The lowest BCUT2D eigenvalue weighted by Gasteiger charge is -2.13. The Morgan fingerprint density at radius 1 is 1.23 bits per heavy atom. The van der Waals surface area contributed by atoms with E-state index in [-0.39, 0.29) is 0 Å². The van der Waals surface area contributed by atoms with E-state index >= 15 is 0 Å². The summed E-state index contributed by atoms with van der Waals surface area (Å²) < 4.78 is 11.2. The fourth-order valence-corrected chi connectivity index (χ4v) is 3.66. The SMILES string of the molecule is COC[C@@H]1CCN(Cc2ccc(Sc3ccc(C)cc3)o2)C1. The van der Waals surface area contributed by atoms with Gasteiger partial charge in [-0.15, -0.1) is 0 Å². The Hall–Kier alpha value is -1.23. The van der Waals surface area contributed by atoms with Crippen molar-refractivity contribution in [3.05, 3.63) is 47.7 Å². The Bertz CT molecular complexity index is 593. The molecule has 3 rings (SSSR count). The van der Waals surface area contributed by atoms with Crippen LogP contribution in [0.5, 0.6) is 0 Å². The van der Waals surface area contributed by atoms with Crippen LogP contribution in [0.1, 0.15) is 17.7 Å². The van der Waals surface area contributed by atoms with Crippen molar-refractivity contribution in [1.82, 2.24) is 4.90 Å². The minimum Gasteiger partial charge on any atom is -0.453 e. The average Bonchev–Trinajstić information content (AvgIpc) is 3.12. The van der Waals surface area contributed by atoms with Gasteiger partial charge in [0, 0.05) is 18.6 Å². The Balaban J connectivity index is 1.54. The van der Waals surface area contributed by atoms with Gasteiger partial charge in [0.15, 0.2) is 5.09 Å². The molecular formula is C18H23NO2S. The van der Waals surface area contributed by atoms with E-state index in [0.29, 0.717) is 5.92 Å². The molecule has 1 aromatic heterocycles. The molecule has 0 radical (unpaired) electrons. The van der Waals surface area contributed by atoms with Gasteiger partial charge in [0.05, 0.1) is 13.2 Å². The van der Waals surface area contributed by atoms with Crippen molar-refractivity contribution in [3.8, 4) is 0 Å². The van der Waals surface area contributed by atoms with Crippen molar-refractivity contribution >= 4 is 11.8 Å². The molecule has 0 unspecified atom stereocenters. The maximum Gasteiger partial charge on any atom is 0.165 e. The van der Waals surface area contributed by atoms with Gasteiger partial charge in [-0.05, 0) is 50.1 Å². The van der Waals surface area contributed by atoms with Crippen LogP contribution in [0, 0.1) is 12.8 Å². The molecule has 0 spiro atoms. The van der Waals surface area contributed by atoms with Crippen LogP contribution < -0.4 is 0 Å². The van der Waals surface area contributed by atoms with Crippen molar-refractivity contribution in [2.75, 3.05) is 26.8 Å². The van der Waals surface area contributed by atoms with E-state index in [0.717, 1.165) is 37.1 Å². The largest absolute Gasteiger partial charge is 0.453 e. The van der Waals surface area contributed by atoms with Crippen molar-refractivity contribution in [1.29, 1.82) is 0 Å². The van der Waals surface area contributed by atoms with E-state index in [1.54, 1.807) is 18.9 Å². The number of furan rings is 1. The van der Waals surface area contributed by atoms with Gasteiger partial charge in [-0.1, -0.05) is 29.5 Å². The van der Waals surface area contributed by atoms with E-state index < -0.39 is 0 Å². The lowest BCUT2D eigenvalue weighted by atomic mass is 10.1. The van der Waals surface area contributed by atoms with E-state index in [4.69, 9.17) is 9.15 Å². The topological polar surface area (TPSA) is 25.6 Å². The summed E-state index contributed by atoms with van der Waals surface area (Å²) in [6.07, 6.45) is 1.22. The first-order valence-corrected chi connectivity index (χ1v) is 8.59. The number of hydrogen-bond acceptors (Lipinski definition) is 4. The van der Waals surface area contributed by atoms with Crippen molar-refractivity contribution in [3.63, 3.8) is 0 Å². The summed E-state index contributed by atoms with van der Waals surface area (Å²) in [6, 6.07) is 12.7. The van der Waals surface area contributed by atoms with Gasteiger partial charge < -0.3 is 9.15 Å². The third-order valence-corrected chi connectivity index (χ3v) is 4.96. The molecule has 1 aromatic carbocycles. The van der Waals surface area contributed by atoms with Crippen LogP contribution in [0.2, 0.25) is 0 Å². The predicted octanol–water partition coefficient (Wildman–Crippen LogP) is 4.21. The van der Waals surface area contributed by atoms with Gasteiger partial charge in [0.25, 0.3) is 0 Å². The Labute approximate surface area is 136 Å². The third kappa shape index (κ3) is 4.15. The van der Waals surface area contributed by atoms with E-state index in [1.807, 2.05) is 0 Å². The highest BCUT2D eigenvalue weighted by atomic mass is 32.2. The number of likely N-dealkylation sites (tertiary alicyclic amines) is 1. The van der Waals surface area contributed by atoms with Crippen LogP contribution in [-0.4, -0.2) is 31.7 Å². The molecule has 1 saturated heterocycles. The second-order valence-corrected chi connectivity index (χ2v) is 7.06. The molecule has 0 saturated carbocycles. The lowest BCUT2D eigenvalue weighted by molar-refractivity contribution is 0.151. The molecule has 118 valence electrons. The smallest absolute Gasteiger partial charge is 0.165 e. The molecular weight excluding hydrogens is 294 g/mol. The van der Waals surface area contributed by atoms with Crippen LogP contribution in [0.15, 0.2) is 50.8 Å². The number of methoxy groups -OCH3 is 1. The van der Waals surface area contributed by atoms with Gasteiger partial charge in [0.1, 0.15) is 5.76 Å². The molecule has 0 N–H and O–H groups in total. The van der Waals surface area contributed by atoms with E-state index in [2.05, 4.69) is 48.2 Å². The van der Waals surface area contributed by atoms with Gasteiger partial charge in [-0.3, -0.25) is 4.90 Å². The molecule has 22 heavy (non-hydrogen) atoms. The summed E-state index contributed by atoms with van der Waals surface area (Å²) in [7, 11) is 1.78. The maximum absolute atomic E-state index is 5.97. The predicted molar refractivity (Wildman–Crippen MR) is 89.3 cm³/mol. The van der Waals surface area contributed by atoms with Crippen LogP contribution in [0.3, 0.4) is 0 Å². The molecule has 1 aliphatic rings. The third-order valence-electron chi connectivity index (χ3n) is 4.03. The molecule has 0 aliphatic carbocycles. The molecule has 2 aromatic rings. The molecule has 1 atom stereocenters. The van der Waals surface area contributed by atoms with Crippen LogP contribution in [0.25, 0.3) is 0 Å². The summed E-state index contributed by atoms with van der Waals surface area (Å²) >= 11 is 1.68. The average molecular weight is 317 g/mol. The molecule has 1 aliphatic heterocycles. The number of hydrogen-bond donors (Lipinski definition) is 0. The van der Waals surface area contributed by atoms with E-state index in [9.17, 15) is 0 Å². The second kappa shape index (κ2) is 7.36. The van der Waals surface area contributed by atoms with Crippen LogP contribution >= 0.6 is 11.8 Å². The summed E-state index contributed by atoms with van der Waals surface area (Å²) in [5.74, 6) is 1.72. The summed E-state index contributed by atoms with van der Waals surface area (Å²) in [5, 5.41) is 0.964. The van der Waals surface area contributed by atoms with Gasteiger partial charge in [-0.25, -0.2) is 0 Å². The summed E-state index contributed by atoms with van der Waals surface area (Å²) in [5.41, 5.74) is 1.28. The quantitative estimate of drug-likeness (QED) is 0.797. The zero-order chi connectivity index (χ0) is 15.4. The minimum atomic E-state index is 0.668. The van der Waals surface area contributed by atoms with Gasteiger partial charge >= 0.3 is 0 Å². The molecule has 4 heteroatoms. The minimum absolute atomic E-state index is 0.668. The number of rotatable bonds is 6. The van der Waals surface area contributed by atoms with Crippen molar-refractivity contribution in [2.24, 2.45) is 5.92 Å². The molecule has 0 amide bonds. The number of aryl methyl sites for hydroxylation is 1. The number of benzene rings is 1. The zero-order valence-corrected chi connectivity index (χ0v) is 14.1. The normalized spacial score (nSPS) is 18.9. The molecule has 3 nitrogen and oxygen atoms in total. The van der Waals surface area contributed by atoms with Crippen LogP contribution in [-0.2, 0) is 11.3 Å². The highest BCUT2D eigenvalue weighted by Crippen LogP contribution is 2.30. The summed E-state index contributed by atoms with van der Waals surface area (Å²) in [4.78, 5) is 3.66. The Morgan fingerprint density at radius 2 is 2.05 bits per heavy atom. The standard InChI is InChI=1S/C18H23NO2S/c1-14-3-6-17(7-4-14)22-18-8-5-16(21-18)12-19-10-9-15(11-19)13-20-2/h3-8,15H,9-13H2,1-2H3/t15-/m1/s1. The monoisotopic (exact) mass is 317 g/mol. The Morgan fingerprint density at radius 3 is 2.82 bits per heavy atom.